The van der Waals surface area contributed by atoms with E-state index in [0.29, 0.717) is 22.9 Å². The Morgan fingerprint density at radius 1 is 1.29 bits per heavy atom. The van der Waals surface area contributed by atoms with E-state index >= 15 is 0 Å². The molecule has 7 nitrogen and oxygen atoms in total. The first-order chi connectivity index (χ1) is 13.5. The molecule has 1 aromatic heterocycles. The van der Waals surface area contributed by atoms with Gasteiger partial charge in [-0.25, -0.2) is 4.79 Å². The second-order valence-corrected chi connectivity index (χ2v) is 8.34. The number of thiophene rings is 1. The molecule has 1 aliphatic carbocycles. The first-order valence-electron chi connectivity index (χ1n) is 8.92. The number of anilines is 1. The molecule has 1 amide bonds. The van der Waals surface area contributed by atoms with Crippen LogP contribution in [0.1, 0.15) is 39.7 Å². The fourth-order valence-corrected chi connectivity index (χ4v) is 5.13. The van der Waals surface area contributed by atoms with Gasteiger partial charge in [0.1, 0.15) is 5.00 Å². The third kappa shape index (κ3) is 4.71. The monoisotopic (exact) mass is 420 g/mol. The fourth-order valence-electron chi connectivity index (χ4n) is 3.05. The zero-order chi connectivity index (χ0) is 20.1. The molecule has 0 bridgehead atoms. The lowest BCUT2D eigenvalue weighted by molar-refractivity contribution is -0.384. The van der Waals surface area contributed by atoms with E-state index in [1.165, 1.54) is 35.2 Å². The number of non-ortho nitro benzene ring substituents is 1. The topological polar surface area (TPSA) is 98.5 Å². The Labute approximate surface area is 170 Å². The number of hydrogen-bond donors (Lipinski definition) is 1. The minimum absolute atomic E-state index is 0.0451. The molecule has 0 atom stereocenters. The van der Waals surface area contributed by atoms with Gasteiger partial charge in [-0.1, -0.05) is 12.1 Å². The molecule has 148 valence electrons. The summed E-state index contributed by atoms with van der Waals surface area (Å²) in [5, 5.41) is 14.1. The molecular weight excluding hydrogens is 400 g/mol. The van der Waals surface area contributed by atoms with Crippen molar-refractivity contribution in [3.05, 3.63) is 55.9 Å². The maximum atomic E-state index is 12.3. The van der Waals surface area contributed by atoms with Crippen molar-refractivity contribution in [2.24, 2.45) is 0 Å². The van der Waals surface area contributed by atoms with Crippen LogP contribution in [0.2, 0.25) is 0 Å². The summed E-state index contributed by atoms with van der Waals surface area (Å²) in [5.41, 5.74) is 2.47. The van der Waals surface area contributed by atoms with E-state index in [-0.39, 0.29) is 23.3 Å². The van der Waals surface area contributed by atoms with Gasteiger partial charge in [0.25, 0.3) is 5.69 Å². The zero-order valence-corrected chi connectivity index (χ0v) is 17.0. The Morgan fingerprint density at radius 3 is 2.71 bits per heavy atom. The Morgan fingerprint density at radius 2 is 2.04 bits per heavy atom. The van der Waals surface area contributed by atoms with Crippen molar-refractivity contribution in [1.82, 2.24) is 0 Å². The number of nitrogens with one attached hydrogen (secondary N) is 1. The molecule has 0 saturated carbocycles. The molecule has 0 fully saturated rings. The minimum Gasteiger partial charge on any atom is -0.462 e. The lowest BCUT2D eigenvalue weighted by Gasteiger charge is -2.08. The third-order valence-corrected chi connectivity index (χ3v) is 6.51. The van der Waals surface area contributed by atoms with Gasteiger partial charge in [-0.05, 0) is 37.3 Å². The second kappa shape index (κ2) is 9.20. The summed E-state index contributed by atoms with van der Waals surface area (Å²) in [7, 11) is 0. The van der Waals surface area contributed by atoms with Gasteiger partial charge in [0.15, 0.2) is 0 Å². The molecule has 0 saturated heterocycles. The average molecular weight is 421 g/mol. The van der Waals surface area contributed by atoms with Gasteiger partial charge < -0.3 is 10.1 Å². The van der Waals surface area contributed by atoms with E-state index in [0.717, 1.165) is 35.3 Å². The van der Waals surface area contributed by atoms with Crippen molar-refractivity contribution in [3.63, 3.8) is 0 Å². The van der Waals surface area contributed by atoms with Crippen LogP contribution in [-0.4, -0.2) is 29.2 Å². The predicted octanol–water partition coefficient (Wildman–Crippen LogP) is 4.19. The number of nitro benzene ring substituents is 1. The number of carbonyl (C=O) groups excluding carboxylic acids is 2. The van der Waals surface area contributed by atoms with Crippen molar-refractivity contribution in [2.45, 2.75) is 31.9 Å². The number of esters is 1. The van der Waals surface area contributed by atoms with E-state index in [2.05, 4.69) is 5.32 Å². The smallest absolute Gasteiger partial charge is 0.341 e. The average Bonchev–Trinajstić information content (AvgIpc) is 3.23. The third-order valence-electron chi connectivity index (χ3n) is 4.30. The quantitative estimate of drug-likeness (QED) is 0.390. The molecule has 1 aliphatic rings. The number of nitro groups is 1. The van der Waals surface area contributed by atoms with Gasteiger partial charge >= 0.3 is 5.97 Å². The number of ether oxygens (including phenoxy) is 1. The maximum Gasteiger partial charge on any atom is 0.341 e. The molecule has 1 N–H and O–H groups in total. The van der Waals surface area contributed by atoms with Gasteiger partial charge in [-0.15, -0.1) is 23.1 Å². The van der Waals surface area contributed by atoms with E-state index in [1.54, 1.807) is 19.1 Å². The summed E-state index contributed by atoms with van der Waals surface area (Å²) < 4.78 is 5.16. The SMILES string of the molecule is CCOC(=O)c1c(NC(=O)CSCc2ccc([N+](=O)[O-])cc2)sc2c1CCC2. The van der Waals surface area contributed by atoms with E-state index < -0.39 is 4.92 Å². The molecule has 0 unspecified atom stereocenters. The predicted molar refractivity (Wildman–Crippen MR) is 110 cm³/mol. The van der Waals surface area contributed by atoms with Crippen LogP contribution < -0.4 is 5.32 Å². The first-order valence-corrected chi connectivity index (χ1v) is 10.9. The van der Waals surface area contributed by atoms with E-state index in [4.69, 9.17) is 4.74 Å². The van der Waals surface area contributed by atoms with Gasteiger partial charge in [0.05, 0.1) is 22.8 Å². The normalized spacial score (nSPS) is 12.5. The Balaban J connectivity index is 1.58. The molecule has 9 heteroatoms. The molecule has 0 aliphatic heterocycles. The van der Waals surface area contributed by atoms with E-state index in [1.807, 2.05) is 0 Å². The minimum atomic E-state index is -0.441. The number of benzene rings is 1. The second-order valence-electron chi connectivity index (χ2n) is 6.25. The summed E-state index contributed by atoms with van der Waals surface area (Å²) >= 11 is 2.87. The van der Waals surface area contributed by atoms with Crippen molar-refractivity contribution in [2.75, 3.05) is 17.7 Å². The van der Waals surface area contributed by atoms with Crippen molar-refractivity contribution >= 4 is 45.7 Å². The van der Waals surface area contributed by atoms with Crippen LogP contribution >= 0.6 is 23.1 Å². The van der Waals surface area contributed by atoms with Crippen LogP contribution in [0, 0.1) is 10.1 Å². The number of aryl methyl sites for hydroxylation is 1. The molecule has 2 aromatic rings. The zero-order valence-electron chi connectivity index (χ0n) is 15.4. The summed E-state index contributed by atoms with van der Waals surface area (Å²) in [6.45, 7) is 2.06. The largest absolute Gasteiger partial charge is 0.462 e. The summed E-state index contributed by atoms with van der Waals surface area (Å²) in [5.74, 6) is 0.229. The van der Waals surface area contributed by atoms with Crippen LogP contribution in [0.15, 0.2) is 24.3 Å². The number of amides is 1. The Bertz CT molecular complexity index is 892. The lowest BCUT2D eigenvalue weighted by Crippen LogP contribution is -2.16. The highest BCUT2D eigenvalue weighted by Gasteiger charge is 2.28. The molecule has 0 radical (unpaired) electrons. The van der Waals surface area contributed by atoms with Gasteiger partial charge in [-0.2, -0.15) is 0 Å². The number of hydrogen-bond acceptors (Lipinski definition) is 7. The van der Waals surface area contributed by atoms with Gasteiger partial charge in [0, 0.05) is 22.8 Å². The molecule has 1 heterocycles. The van der Waals surface area contributed by atoms with Crippen LogP contribution in [-0.2, 0) is 28.1 Å². The molecule has 1 aromatic carbocycles. The Hall–Kier alpha value is -2.39. The number of fused-ring (bicyclic) bond motifs is 1. The molecule has 28 heavy (non-hydrogen) atoms. The van der Waals surface area contributed by atoms with Crippen LogP contribution in [0.25, 0.3) is 0 Å². The van der Waals surface area contributed by atoms with Crippen LogP contribution in [0.3, 0.4) is 0 Å². The number of carbonyl (C=O) groups is 2. The van der Waals surface area contributed by atoms with E-state index in [9.17, 15) is 19.7 Å². The number of rotatable bonds is 8. The Kier molecular flexibility index (Phi) is 6.69. The van der Waals surface area contributed by atoms with Crippen LogP contribution in [0.5, 0.6) is 0 Å². The van der Waals surface area contributed by atoms with Crippen LogP contribution in [0.4, 0.5) is 10.7 Å². The maximum absolute atomic E-state index is 12.3. The standard InChI is InChI=1S/C19H20N2O5S2/c1-2-26-19(23)17-14-4-3-5-15(14)28-18(17)20-16(22)11-27-10-12-6-8-13(9-7-12)21(24)25/h6-9H,2-5,10-11H2,1H3,(H,20,22). The first kappa shape index (κ1) is 20.3. The molecular formula is C19H20N2O5S2. The van der Waals surface area contributed by atoms with Gasteiger partial charge in [-0.3, -0.25) is 14.9 Å². The van der Waals surface area contributed by atoms with Gasteiger partial charge in [0.2, 0.25) is 5.91 Å². The number of nitrogens with zero attached hydrogens (tertiary/aromatic N) is 1. The highest BCUT2D eigenvalue weighted by atomic mass is 32.2. The lowest BCUT2D eigenvalue weighted by atomic mass is 10.1. The van der Waals surface area contributed by atoms with Crippen molar-refractivity contribution in [3.8, 4) is 0 Å². The van der Waals surface area contributed by atoms with Crippen molar-refractivity contribution < 1.29 is 19.2 Å². The fraction of sp³-hybridized carbons (Fsp3) is 0.368. The summed E-state index contributed by atoms with van der Waals surface area (Å²) in [6.07, 6.45) is 2.79. The molecule has 3 rings (SSSR count). The number of thioether (sulfide) groups is 1. The summed E-state index contributed by atoms with van der Waals surface area (Å²) in [4.78, 5) is 36.0. The molecule has 0 spiro atoms. The highest BCUT2D eigenvalue weighted by Crippen LogP contribution is 2.39. The summed E-state index contributed by atoms with van der Waals surface area (Å²) in [6, 6.07) is 6.28. The van der Waals surface area contributed by atoms with Crippen molar-refractivity contribution in [1.29, 1.82) is 0 Å². The highest BCUT2D eigenvalue weighted by molar-refractivity contribution is 7.99.